The van der Waals surface area contributed by atoms with Crippen LogP contribution in [0.25, 0.3) is 22.0 Å². The SMILES string of the molecule is CC(C)Cn1c(CN)c(-c2ccccc2)c2cc(C(N)=O)cnc2c1=O. The summed E-state index contributed by atoms with van der Waals surface area (Å²) in [6.45, 7) is 4.83. The van der Waals surface area contributed by atoms with Crippen LogP contribution in [0.2, 0.25) is 0 Å². The topological polar surface area (TPSA) is 104 Å². The maximum Gasteiger partial charge on any atom is 0.277 e. The van der Waals surface area contributed by atoms with E-state index in [4.69, 9.17) is 11.5 Å². The Balaban J connectivity index is 2.49. The van der Waals surface area contributed by atoms with Crippen LogP contribution in [-0.2, 0) is 13.1 Å². The molecule has 1 amide bonds. The summed E-state index contributed by atoms with van der Waals surface area (Å²) in [5.41, 5.74) is 14.3. The first-order chi connectivity index (χ1) is 12.4. The normalized spacial score (nSPS) is 11.2. The van der Waals surface area contributed by atoms with E-state index in [1.54, 1.807) is 10.6 Å². The number of carbonyl (C=O) groups excluding carboxylic acids is 1. The van der Waals surface area contributed by atoms with Crippen LogP contribution in [-0.4, -0.2) is 15.5 Å². The smallest absolute Gasteiger partial charge is 0.277 e. The number of hydrogen-bond acceptors (Lipinski definition) is 4. The standard InChI is InChI=1S/C20H22N4O2/c1-12(2)11-24-16(9-21)17(13-6-4-3-5-7-13)15-8-14(19(22)25)10-23-18(15)20(24)26/h3-8,10,12H,9,11,21H2,1-2H3,(H2,22,25). The van der Waals surface area contributed by atoms with Gasteiger partial charge < -0.3 is 16.0 Å². The summed E-state index contributed by atoms with van der Waals surface area (Å²) in [6.07, 6.45) is 1.35. The van der Waals surface area contributed by atoms with Crippen molar-refractivity contribution in [3.8, 4) is 11.1 Å². The Hall–Kier alpha value is -2.99. The van der Waals surface area contributed by atoms with E-state index in [0.29, 0.717) is 17.4 Å². The lowest BCUT2D eigenvalue weighted by atomic mass is 9.97. The molecule has 0 aliphatic rings. The van der Waals surface area contributed by atoms with Gasteiger partial charge >= 0.3 is 0 Å². The second-order valence-corrected chi connectivity index (χ2v) is 6.69. The Kier molecular flexibility index (Phi) is 4.86. The number of primary amides is 1. The number of nitrogens with zero attached hydrogens (tertiary/aromatic N) is 2. The van der Waals surface area contributed by atoms with E-state index in [2.05, 4.69) is 4.98 Å². The number of rotatable bonds is 5. The lowest BCUT2D eigenvalue weighted by molar-refractivity contribution is 0.1000. The maximum absolute atomic E-state index is 13.0. The third-order valence-corrected chi connectivity index (χ3v) is 4.31. The van der Waals surface area contributed by atoms with Crippen LogP contribution in [0.15, 0.2) is 47.4 Å². The van der Waals surface area contributed by atoms with E-state index in [9.17, 15) is 9.59 Å². The van der Waals surface area contributed by atoms with Crippen molar-refractivity contribution in [1.82, 2.24) is 9.55 Å². The second-order valence-electron chi connectivity index (χ2n) is 6.69. The Morgan fingerprint density at radius 2 is 1.92 bits per heavy atom. The molecule has 134 valence electrons. The van der Waals surface area contributed by atoms with Gasteiger partial charge in [-0.05, 0) is 17.5 Å². The molecule has 0 fully saturated rings. The van der Waals surface area contributed by atoms with Crippen molar-refractivity contribution >= 4 is 16.8 Å². The number of aromatic nitrogens is 2. The quantitative estimate of drug-likeness (QED) is 0.736. The van der Waals surface area contributed by atoms with Crippen molar-refractivity contribution in [2.24, 2.45) is 17.4 Å². The molecule has 0 radical (unpaired) electrons. The molecule has 2 aromatic heterocycles. The van der Waals surface area contributed by atoms with Crippen molar-refractivity contribution in [3.63, 3.8) is 0 Å². The number of fused-ring (bicyclic) bond motifs is 1. The zero-order valence-corrected chi connectivity index (χ0v) is 14.9. The van der Waals surface area contributed by atoms with E-state index < -0.39 is 5.91 Å². The number of hydrogen-bond donors (Lipinski definition) is 2. The summed E-state index contributed by atoms with van der Waals surface area (Å²) in [4.78, 5) is 28.9. The van der Waals surface area contributed by atoms with E-state index in [-0.39, 0.29) is 23.6 Å². The lowest BCUT2D eigenvalue weighted by Crippen LogP contribution is -2.29. The van der Waals surface area contributed by atoms with Gasteiger partial charge in [-0.15, -0.1) is 0 Å². The van der Waals surface area contributed by atoms with Crippen LogP contribution in [0.3, 0.4) is 0 Å². The van der Waals surface area contributed by atoms with Gasteiger partial charge in [-0.1, -0.05) is 44.2 Å². The average Bonchev–Trinajstić information content (AvgIpc) is 2.63. The Morgan fingerprint density at radius 1 is 1.23 bits per heavy atom. The molecule has 0 aliphatic carbocycles. The molecule has 4 N–H and O–H groups in total. The minimum Gasteiger partial charge on any atom is -0.366 e. The molecule has 3 aromatic rings. The number of pyridine rings is 2. The lowest BCUT2D eigenvalue weighted by Gasteiger charge is -2.20. The molecule has 2 heterocycles. The highest BCUT2D eigenvalue weighted by Gasteiger charge is 2.19. The predicted molar refractivity (Wildman–Crippen MR) is 103 cm³/mol. The van der Waals surface area contributed by atoms with Gasteiger partial charge in [-0.25, -0.2) is 4.98 Å². The number of carbonyl (C=O) groups is 1. The minimum absolute atomic E-state index is 0.197. The third-order valence-electron chi connectivity index (χ3n) is 4.31. The van der Waals surface area contributed by atoms with Gasteiger partial charge in [0.1, 0.15) is 5.52 Å². The first kappa shape index (κ1) is 17.8. The van der Waals surface area contributed by atoms with Crippen LogP contribution < -0.4 is 17.0 Å². The summed E-state index contributed by atoms with van der Waals surface area (Å²) >= 11 is 0. The van der Waals surface area contributed by atoms with Crippen molar-refractivity contribution in [3.05, 3.63) is 64.2 Å². The van der Waals surface area contributed by atoms with Crippen molar-refractivity contribution in [1.29, 1.82) is 0 Å². The van der Waals surface area contributed by atoms with E-state index in [0.717, 1.165) is 16.8 Å². The first-order valence-electron chi connectivity index (χ1n) is 8.54. The average molecular weight is 350 g/mol. The monoisotopic (exact) mass is 350 g/mol. The van der Waals surface area contributed by atoms with Crippen LogP contribution in [0.5, 0.6) is 0 Å². The molecule has 0 atom stereocenters. The van der Waals surface area contributed by atoms with E-state index in [1.165, 1.54) is 6.20 Å². The highest BCUT2D eigenvalue weighted by molar-refractivity contribution is 6.01. The minimum atomic E-state index is -0.584. The molecule has 0 saturated carbocycles. The number of benzene rings is 1. The van der Waals surface area contributed by atoms with Gasteiger partial charge in [-0.3, -0.25) is 9.59 Å². The summed E-state index contributed by atoms with van der Waals surface area (Å²) in [6, 6.07) is 11.3. The molecule has 0 unspecified atom stereocenters. The van der Waals surface area contributed by atoms with Gasteiger partial charge in [0.05, 0.1) is 5.56 Å². The molecule has 26 heavy (non-hydrogen) atoms. The van der Waals surface area contributed by atoms with Crippen LogP contribution >= 0.6 is 0 Å². The molecule has 1 aromatic carbocycles. The van der Waals surface area contributed by atoms with Gasteiger partial charge in [0.15, 0.2) is 0 Å². The number of nitrogens with two attached hydrogens (primary N) is 2. The van der Waals surface area contributed by atoms with Crippen molar-refractivity contribution in [2.45, 2.75) is 26.9 Å². The van der Waals surface area contributed by atoms with Gasteiger partial charge in [-0.2, -0.15) is 0 Å². The maximum atomic E-state index is 13.0. The largest absolute Gasteiger partial charge is 0.366 e. The Morgan fingerprint density at radius 3 is 2.50 bits per heavy atom. The van der Waals surface area contributed by atoms with E-state index >= 15 is 0 Å². The van der Waals surface area contributed by atoms with Crippen LogP contribution in [0, 0.1) is 5.92 Å². The van der Waals surface area contributed by atoms with Gasteiger partial charge in [0.25, 0.3) is 5.56 Å². The Labute approximate surface area is 151 Å². The fourth-order valence-electron chi connectivity index (χ4n) is 3.20. The zero-order valence-electron chi connectivity index (χ0n) is 14.9. The molecule has 0 spiro atoms. The molecule has 6 nitrogen and oxygen atoms in total. The predicted octanol–water partition coefficient (Wildman–Crippen LogP) is 2.28. The summed E-state index contributed by atoms with van der Waals surface area (Å²) in [5, 5.41) is 0.595. The molecule has 0 bridgehead atoms. The highest BCUT2D eigenvalue weighted by atomic mass is 16.1. The third kappa shape index (κ3) is 3.11. The fraction of sp³-hybridized carbons (Fsp3) is 0.250. The number of amides is 1. The molecular weight excluding hydrogens is 328 g/mol. The van der Waals surface area contributed by atoms with Gasteiger partial charge in [0.2, 0.25) is 5.91 Å². The molecule has 3 rings (SSSR count). The summed E-state index contributed by atoms with van der Waals surface area (Å²) < 4.78 is 1.70. The van der Waals surface area contributed by atoms with Crippen molar-refractivity contribution < 1.29 is 4.79 Å². The summed E-state index contributed by atoms with van der Waals surface area (Å²) in [7, 11) is 0. The highest BCUT2D eigenvalue weighted by Crippen LogP contribution is 2.30. The molecule has 0 aliphatic heterocycles. The Bertz CT molecular complexity index is 1020. The van der Waals surface area contributed by atoms with Crippen LogP contribution in [0.1, 0.15) is 29.9 Å². The van der Waals surface area contributed by atoms with E-state index in [1.807, 2.05) is 44.2 Å². The first-order valence-corrected chi connectivity index (χ1v) is 8.54. The zero-order chi connectivity index (χ0) is 18.8. The van der Waals surface area contributed by atoms with Crippen LogP contribution in [0.4, 0.5) is 0 Å². The fourth-order valence-corrected chi connectivity index (χ4v) is 3.20. The summed E-state index contributed by atoms with van der Waals surface area (Å²) in [5.74, 6) is -0.317. The van der Waals surface area contributed by atoms with Gasteiger partial charge in [0, 0.05) is 35.9 Å². The molecular formula is C20H22N4O2. The second kappa shape index (κ2) is 7.09. The molecule has 0 saturated heterocycles. The molecule has 6 heteroatoms. The van der Waals surface area contributed by atoms with Crippen molar-refractivity contribution in [2.75, 3.05) is 0 Å².